The molecule has 0 saturated carbocycles. The Morgan fingerprint density at radius 1 is 1.11 bits per heavy atom. The van der Waals surface area contributed by atoms with Crippen molar-refractivity contribution in [3.05, 3.63) is 69.8 Å². The number of rotatable bonds is 4. The molecule has 28 heavy (non-hydrogen) atoms. The third-order valence-corrected chi connectivity index (χ3v) is 4.95. The number of nitro benzene ring substituents is 1. The number of amides is 1. The molecule has 0 aliphatic carbocycles. The standard InChI is InChI=1S/C18H14N2O7S/c1-10-2-6-15(20(23)24)14(8-10)18(22)19-17-13-9-12(28(25,26)27)5-3-11(13)4-7-16(17)21/h2-9,21H,1H3,(H,19,22)(H,25,26,27). The van der Waals surface area contributed by atoms with E-state index < -0.39 is 31.5 Å². The molecule has 0 spiro atoms. The van der Waals surface area contributed by atoms with E-state index in [2.05, 4.69) is 5.32 Å². The van der Waals surface area contributed by atoms with Crippen LogP contribution in [0.1, 0.15) is 15.9 Å². The molecule has 0 radical (unpaired) electrons. The Morgan fingerprint density at radius 2 is 1.79 bits per heavy atom. The number of fused-ring (bicyclic) bond motifs is 1. The monoisotopic (exact) mass is 402 g/mol. The lowest BCUT2D eigenvalue weighted by molar-refractivity contribution is -0.385. The van der Waals surface area contributed by atoms with E-state index >= 15 is 0 Å². The van der Waals surface area contributed by atoms with E-state index in [1.165, 1.54) is 42.5 Å². The Bertz CT molecular complexity index is 1240. The molecule has 3 aromatic rings. The number of aromatic hydroxyl groups is 1. The molecule has 0 fully saturated rings. The molecule has 144 valence electrons. The fourth-order valence-electron chi connectivity index (χ4n) is 2.75. The Labute approximate surface area is 159 Å². The van der Waals surface area contributed by atoms with E-state index in [1.54, 1.807) is 6.92 Å². The van der Waals surface area contributed by atoms with Crippen molar-refractivity contribution in [2.75, 3.05) is 5.32 Å². The molecular formula is C18H14N2O7S. The third-order valence-electron chi connectivity index (χ3n) is 4.10. The topological polar surface area (TPSA) is 147 Å². The zero-order valence-electron chi connectivity index (χ0n) is 14.4. The molecule has 0 heterocycles. The number of nitrogens with one attached hydrogen (secondary N) is 1. The summed E-state index contributed by atoms with van der Waals surface area (Å²) in [4.78, 5) is 22.8. The van der Waals surface area contributed by atoms with E-state index in [4.69, 9.17) is 0 Å². The van der Waals surface area contributed by atoms with Crippen molar-refractivity contribution in [3.8, 4) is 5.75 Å². The fourth-order valence-corrected chi connectivity index (χ4v) is 3.26. The number of phenols is 1. The number of aryl methyl sites for hydroxylation is 1. The largest absolute Gasteiger partial charge is 0.506 e. The SMILES string of the molecule is Cc1ccc([N+](=O)[O-])c(C(=O)Nc2c(O)ccc3ccc(S(=O)(=O)O)cc23)c1. The van der Waals surface area contributed by atoms with Crippen molar-refractivity contribution >= 4 is 38.2 Å². The van der Waals surface area contributed by atoms with Crippen LogP contribution in [0.5, 0.6) is 5.75 Å². The fraction of sp³-hybridized carbons (Fsp3) is 0.0556. The van der Waals surface area contributed by atoms with Gasteiger partial charge in [0.1, 0.15) is 11.3 Å². The van der Waals surface area contributed by atoms with Crippen LogP contribution in [0.15, 0.2) is 53.4 Å². The molecule has 1 amide bonds. The highest BCUT2D eigenvalue weighted by Gasteiger charge is 2.22. The number of nitro groups is 1. The lowest BCUT2D eigenvalue weighted by Crippen LogP contribution is -2.14. The van der Waals surface area contributed by atoms with Gasteiger partial charge in [0.05, 0.1) is 15.5 Å². The van der Waals surface area contributed by atoms with Gasteiger partial charge in [-0.1, -0.05) is 18.2 Å². The highest BCUT2D eigenvalue weighted by atomic mass is 32.2. The maximum atomic E-state index is 12.7. The molecule has 0 unspecified atom stereocenters. The number of nitrogens with zero attached hydrogens (tertiary/aromatic N) is 1. The van der Waals surface area contributed by atoms with Gasteiger partial charge in [-0.3, -0.25) is 19.5 Å². The molecule has 9 nitrogen and oxygen atoms in total. The summed E-state index contributed by atoms with van der Waals surface area (Å²) < 4.78 is 32.1. The Hall–Kier alpha value is -3.50. The first-order valence-electron chi connectivity index (χ1n) is 7.87. The lowest BCUT2D eigenvalue weighted by atomic mass is 10.1. The van der Waals surface area contributed by atoms with Crippen molar-refractivity contribution < 1.29 is 27.8 Å². The zero-order chi connectivity index (χ0) is 20.6. The Balaban J connectivity index is 2.15. The number of hydrogen-bond acceptors (Lipinski definition) is 6. The smallest absolute Gasteiger partial charge is 0.294 e. The normalized spacial score (nSPS) is 11.4. The summed E-state index contributed by atoms with van der Waals surface area (Å²) in [5.41, 5.74) is -0.149. The van der Waals surface area contributed by atoms with Gasteiger partial charge in [-0.2, -0.15) is 8.42 Å². The summed E-state index contributed by atoms with van der Waals surface area (Å²) in [6.45, 7) is 1.66. The number of carbonyl (C=O) groups is 1. The van der Waals surface area contributed by atoms with Crippen molar-refractivity contribution in [3.63, 3.8) is 0 Å². The molecule has 3 rings (SSSR count). The molecule has 0 bridgehead atoms. The molecule has 3 N–H and O–H groups in total. The first-order chi connectivity index (χ1) is 13.1. The predicted molar refractivity (Wildman–Crippen MR) is 101 cm³/mol. The minimum absolute atomic E-state index is 0.135. The van der Waals surface area contributed by atoms with E-state index in [-0.39, 0.29) is 22.4 Å². The third kappa shape index (κ3) is 3.63. The Kier molecular flexibility index (Phi) is 4.75. The van der Waals surface area contributed by atoms with Crippen molar-refractivity contribution in [1.82, 2.24) is 0 Å². The molecule has 0 saturated heterocycles. The van der Waals surface area contributed by atoms with Crippen LogP contribution in [0.25, 0.3) is 10.8 Å². The van der Waals surface area contributed by atoms with Gasteiger partial charge in [0.2, 0.25) is 0 Å². The van der Waals surface area contributed by atoms with Crippen LogP contribution >= 0.6 is 0 Å². The van der Waals surface area contributed by atoms with Crippen LogP contribution in [-0.4, -0.2) is 28.9 Å². The van der Waals surface area contributed by atoms with Gasteiger partial charge >= 0.3 is 0 Å². The molecule has 0 aromatic heterocycles. The molecular weight excluding hydrogens is 388 g/mol. The second-order valence-corrected chi connectivity index (χ2v) is 7.47. The van der Waals surface area contributed by atoms with E-state index in [0.717, 1.165) is 6.07 Å². The number of hydrogen-bond donors (Lipinski definition) is 3. The maximum Gasteiger partial charge on any atom is 0.294 e. The second kappa shape index (κ2) is 6.91. The van der Waals surface area contributed by atoms with Crippen molar-refractivity contribution in [2.45, 2.75) is 11.8 Å². The van der Waals surface area contributed by atoms with Crippen LogP contribution < -0.4 is 5.32 Å². The van der Waals surface area contributed by atoms with Gasteiger partial charge in [-0.05, 0) is 42.1 Å². The van der Waals surface area contributed by atoms with Crippen molar-refractivity contribution in [1.29, 1.82) is 0 Å². The molecule has 10 heteroatoms. The van der Waals surface area contributed by atoms with Gasteiger partial charge < -0.3 is 10.4 Å². The predicted octanol–water partition coefficient (Wildman–Crippen LogP) is 3.26. The zero-order valence-corrected chi connectivity index (χ0v) is 15.2. The number of carbonyl (C=O) groups excluding carboxylic acids is 1. The van der Waals surface area contributed by atoms with Crippen LogP contribution in [0.3, 0.4) is 0 Å². The highest BCUT2D eigenvalue weighted by molar-refractivity contribution is 7.85. The van der Waals surface area contributed by atoms with Crippen molar-refractivity contribution in [2.24, 2.45) is 0 Å². The minimum Gasteiger partial charge on any atom is -0.506 e. The van der Waals surface area contributed by atoms with Gasteiger partial charge in [-0.15, -0.1) is 0 Å². The Morgan fingerprint density at radius 3 is 2.43 bits per heavy atom. The summed E-state index contributed by atoms with van der Waals surface area (Å²) in [5, 5.41) is 24.4. The van der Waals surface area contributed by atoms with Crippen LogP contribution in [0.4, 0.5) is 11.4 Å². The number of benzene rings is 3. The molecule has 0 aliphatic rings. The summed E-state index contributed by atoms with van der Waals surface area (Å²) in [6.07, 6.45) is 0. The molecule has 0 atom stereocenters. The highest BCUT2D eigenvalue weighted by Crippen LogP contribution is 2.34. The lowest BCUT2D eigenvalue weighted by Gasteiger charge is -2.12. The summed E-state index contributed by atoms with van der Waals surface area (Å²) in [7, 11) is -4.51. The van der Waals surface area contributed by atoms with Gasteiger partial charge in [0, 0.05) is 11.5 Å². The first kappa shape index (κ1) is 19.3. The van der Waals surface area contributed by atoms with Crippen LogP contribution in [0, 0.1) is 17.0 Å². The van der Waals surface area contributed by atoms with Crippen LogP contribution in [0.2, 0.25) is 0 Å². The number of phenolic OH excluding ortho intramolecular Hbond substituents is 1. The number of anilines is 1. The molecule has 0 aliphatic heterocycles. The summed E-state index contributed by atoms with van der Waals surface area (Å²) in [6, 6.07) is 10.4. The first-order valence-corrected chi connectivity index (χ1v) is 9.31. The van der Waals surface area contributed by atoms with E-state index in [1.807, 2.05) is 0 Å². The molecule has 3 aromatic carbocycles. The average molecular weight is 402 g/mol. The van der Waals surface area contributed by atoms with Crippen LogP contribution in [-0.2, 0) is 10.1 Å². The minimum atomic E-state index is -4.51. The van der Waals surface area contributed by atoms with Gasteiger partial charge in [0.15, 0.2) is 0 Å². The summed E-state index contributed by atoms with van der Waals surface area (Å²) >= 11 is 0. The van der Waals surface area contributed by atoms with Gasteiger partial charge in [-0.25, -0.2) is 0 Å². The maximum absolute atomic E-state index is 12.7. The summed E-state index contributed by atoms with van der Waals surface area (Å²) in [5.74, 6) is -1.22. The second-order valence-electron chi connectivity index (χ2n) is 6.05. The van der Waals surface area contributed by atoms with Gasteiger partial charge in [0.25, 0.3) is 21.7 Å². The van der Waals surface area contributed by atoms with E-state index in [0.29, 0.717) is 10.9 Å². The quantitative estimate of drug-likeness (QED) is 0.263. The van der Waals surface area contributed by atoms with E-state index in [9.17, 15) is 33.0 Å². The average Bonchev–Trinajstić information content (AvgIpc) is 2.62.